The summed E-state index contributed by atoms with van der Waals surface area (Å²) in [5.74, 6) is 0.199. The number of aromatic nitrogens is 1. The Morgan fingerprint density at radius 3 is 2.31 bits per heavy atom. The number of carbonyl (C=O) groups excluding carboxylic acids is 1. The van der Waals surface area contributed by atoms with Crippen LogP contribution in [0, 0.1) is 5.41 Å². The highest BCUT2D eigenvalue weighted by molar-refractivity contribution is 9.10. The maximum atomic E-state index is 12.9. The van der Waals surface area contributed by atoms with Crippen LogP contribution in [0.15, 0.2) is 65.1 Å². The van der Waals surface area contributed by atoms with Crippen LogP contribution in [-0.2, 0) is 6.42 Å². The third kappa shape index (κ3) is 3.24. The van der Waals surface area contributed by atoms with Crippen LogP contribution < -0.4 is 0 Å². The molecule has 0 amide bonds. The van der Waals surface area contributed by atoms with Gasteiger partial charge in [0.15, 0.2) is 5.78 Å². The van der Waals surface area contributed by atoms with Crippen molar-refractivity contribution in [3.8, 4) is 22.4 Å². The van der Waals surface area contributed by atoms with E-state index in [-0.39, 0.29) is 11.2 Å². The third-order valence-electron chi connectivity index (χ3n) is 4.88. The number of ketones is 1. The minimum absolute atomic E-state index is 0.0522. The number of benzene rings is 2. The standard InChI is InChI=1S/C23H20BrNO/c1-23(2)13-20-22(21(26)14-23)18(15-6-4-3-5-7-15)12-19(25-20)16-8-10-17(24)11-9-16/h3-12H,13-14H2,1-2H3. The Bertz CT molecular complexity index is 975. The molecule has 3 heteroatoms. The lowest BCUT2D eigenvalue weighted by molar-refractivity contribution is 0.0911. The summed E-state index contributed by atoms with van der Waals surface area (Å²) in [7, 11) is 0. The minimum Gasteiger partial charge on any atom is -0.294 e. The van der Waals surface area contributed by atoms with Gasteiger partial charge in [0.25, 0.3) is 0 Å². The van der Waals surface area contributed by atoms with Crippen LogP contribution in [0.4, 0.5) is 0 Å². The number of hydrogen-bond donors (Lipinski definition) is 0. The van der Waals surface area contributed by atoms with Gasteiger partial charge in [0.05, 0.1) is 11.4 Å². The zero-order valence-corrected chi connectivity index (χ0v) is 16.5. The molecule has 0 saturated heterocycles. The van der Waals surface area contributed by atoms with Crippen LogP contribution >= 0.6 is 15.9 Å². The number of Topliss-reactive ketones (excluding diaryl/α,β-unsaturated/α-hetero) is 1. The molecule has 4 rings (SSSR count). The first kappa shape index (κ1) is 17.2. The second kappa shape index (κ2) is 6.48. The molecule has 3 aromatic rings. The summed E-state index contributed by atoms with van der Waals surface area (Å²) in [6.07, 6.45) is 1.39. The first-order chi connectivity index (χ1) is 12.4. The monoisotopic (exact) mass is 405 g/mol. The molecule has 1 aromatic heterocycles. The molecule has 0 unspecified atom stereocenters. The van der Waals surface area contributed by atoms with E-state index in [0.717, 1.165) is 44.5 Å². The van der Waals surface area contributed by atoms with Crippen LogP contribution in [0.3, 0.4) is 0 Å². The van der Waals surface area contributed by atoms with Gasteiger partial charge >= 0.3 is 0 Å². The van der Waals surface area contributed by atoms with Crippen molar-refractivity contribution in [3.05, 3.63) is 76.4 Å². The van der Waals surface area contributed by atoms with Crippen LogP contribution in [0.25, 0.3) is 22.4 Å². The van der Waals surface area contributed by atoms with Gasteiger partial charge in [0.1, 0.15) is 0 Å². The fraction of sp³-hybridized carbons (Fsp3) is 0.217. The van der Waals surface area contributed by atoms with Gasteiger partial charge < -0.3 is 0 Å². The minimum atomic E-state index is -0.0522. The maximum Gasteiger partial charge on any atom is 0.165 e. The highest BCUT2D eigenvalue weighted by Crippen LogP contribution is 2.40. The summed E-state index contributed by atoms with van der Waals surface area (Å²) in [6, 6.07) is 20.4. The predicted octanol–water partition coefficient (Wildman–Crippen LogP) is 6.33. The number of rotatable bonds is 2. The van der Waals surface area contributed by atoms with Crippen molar-refractivity contribution in [1.82, 2.24) is 4.98 Å². The number of pyridine rings is 1. The lowest BCUT2D eigenvalue weighted by Gasteiger charge is -2.31. The fourth-order valence-corrected chi connectivity index (χ4v) is 3.95. The third-order valence-corrected chi connectivity index (χ3v) is 5.41. The number of carbonyl (C=O) groups is 1. The molecule has 130 valence electrons. The van der Waals surface area contributed by atoms with Crippen molar-refractivity contribution < 1.29 is 4.79 Å². The molecule has 26 heavy (non-hydrogen) atoms. The highest BCUT2D eigenvalue weighted by atomic mass is 79.9. The molecular weight excluding hydrogens is 386 g/mol. The molecule has 0 N–H and O–H groups in total. The molecule has 1 aliphatic rings. The SMILES string of the molecule is CC1(C)CC(=O)c2c(-c3ccccc3)cc(-c3ccc(Br)cc3)nc2C1. The quantitative estimate of drug-likeness (QED) is 0.498. The Kier molecular flexibility index (Phi) is 4.28. The lowest BCUT2D eigenvalue weighted by Crippen LogP contribution is -2.28. The smallest absolute Gasteiger partial charge is 0.165 e. The van der Waals surface area contributed by atoms with E-state index in [9.17, 15) is 4.79 Å². The average Bonchev–Trinajstić information content (AvgIpc) is 2.61. The largest absolute Gasteiger partial charge is 0.294 e. The van der Waals surface area contributed by atoms with E-state index >= 15 is 0 Å². The van der Waals surface area contributed by atoms with E-state index in [4.69, 9.17) is 4.98 Å². The number of halogens is 1. The topological polar surface area (TPSA) is 30.0 Å². The van der Waals surface area contributed by atoms with Crippen molar-refractivity contribution in [2.45, 2.75) is 26.7 Å². The summed E-state index contributed by atoms with van der Waals surface area (Å²) in [5, 5.41) is 0. The number of nitrogens with zero attached hydrogens (tertiary/aromatic N) is 1. The second-order valence-corrected chi connectivity index (χ2v) is 8.61. The molecular formula is C23H20BrNO. The van der Waals surface area contributed by atoms with Crippen molar-refractivity contribution >= 4 is 21.7 Å². The molecule has 1 aliphatic carbocycles. The van der Waals surface area contributed by atoms with E-state index in [2.05, 4.69) is 60.1 Å². The van der Waals surface area contributed by atoms with Gasteiger partial charge in [-0.1, -0.05) is 72.2 Å². The maximum absolute atomic E-state index is 12.9. The van der Waals surface area contributed by atoms with E-state index in [1.165, 1.54) is 0 Å². The van der Waals surface area contributed by atoms with Gasteiger partial charge in [0.2, 0.25) is 0 Å². The summed E-state index contributed by atoms with van der Waals surface area (Å²) in [4.78, 5) is 17.9. The Hall–Kier alpha value is -2.26. The molecule has 1 heterocycles. The van der Waals surface area contributed by atoms with E-state index < -0.39 is 0 Å². The molecule has 0 saturated carbocycles. The summed E-state index contributed by atoms with van der Waals surface area (Å²) < 4.78 is 1.04. The number of hydrogen-bond acceptors (Lipinski definition) is 2. The molecule has 0 fully saturated rings. The van der Waals surface area contributed by atoms with Gasteiger partial charge in [-0.25, -0.2) is 0 Å². The Morgan fingerprint density at radius 2 is 1.62 bits per heavy atom. The Balaban J connectivity index is 1.96. The fourth-order valence-electron chi connectivity index (χ4n) is 3.69. The molecule has 0 radical (unpaired) electrons. The van der Waals surface area contributed by atoms with Crippen molar-refractivity contribution in [2.24, 2.45) is 5.41 Å². The van der Waals surface area contributed by atoms with Crippen molar-refractivity contribution in [2.75, 3.05) is 0 Å². The Morgan fingerprint density at radius 1 is 0.923 bits per heavy atom. The zero-order valence-electron chi connectivity index (χ0n) is 14.9. The average molecular weight is 406 g/mol. The number of fused-ring (bicyclic) bond motifs is 1. The van der Waals surface area contributed by atoms with Crippen LogP contribution in [0.5, 0.6) is 0 Å². The molecule has 0 bridgehead atoms. The molecule has 0 atom stereocenters. The van der Waals surface area contributed by atoms with E-state index in [1.807, 2.05) is 30.3 Å². The normalized spacial score (nSPS) is 15.6. The first-order valence-electron chi connectivity index (χ1n) is 8.81. The summed E-state index contributed by atoms with van der Waals surface area (Å²) >= 11 is 3.49. The van der Waals surface area contributed by atoms with Crippen LogP contribution in [0.1, 0.15) is 36.3 Å². The van der Waals surface area contributed by atoms with Crippen molar-refractivity contribution in [3.63, 3.8) is 0 Å². The molecule has 2 nitrogen and oxygen atoms in total. The highest BCUT2D eigenvalue weighted by Gasteiger charge is 2.34. The lowest BCUT2D eigenvalue weighted by atomic mass is 9.74. The first-order valence-corrected chi connectivity index (χ1v) is 9.61. The van der Waals surface area contributed by atoms with Crippen molar-refractivity contribution in [1.29, 1.82) is 0 Å². The Labute approximate surface area is 162 Å². The van der Waals surface area contributed by atoms with Gasteiger partial charge in [-0.3, -0.25) is 9.78 Å². The molecule has 0 aliphatic heterocycles. The summed E-state index contributed by atoms with van der Waals surface area (Å²) in [6.45, 7) is 4.29. The van der Waals surface area contributed by atoms with Gasteiger partial charge in [0, 0.05) is 22.0 Å². The summed E-state index contributed by atoms with van der Waals surface area (Å²) in [5.41, 5.74) is 5.71. The van der Waals surface area contributed by atoms with Gasteiger partial charge in [-0.15, -0.1) is 0 Å². The van der Waals surface area contributed by atoms with Gasteiger partial charge in [-0.05, 0) is 41.2 Å². The van der Waals surface area contributed by atoms with Crippen LogP contribution in [-0.4, -0.2) is 10.8 Å². The molecule has 0 spiro atoms. The molecule has 2 aromatic carbocycles. The zero-order chi connectivity index (χ0) is 18.3. The van der Waals surface area contributed by atoms with Gasteiger partial charge in [-0.2, -0.15) is 0 Å². The van der Waals surface area contributed by atoms with E-state index in [0.29, 0.717) is 6.42 Å². The predicted molar refractivity (Wildman–Crippen MR) is 109 cm³/mol. The van der Waals surface area contributed by atoms with E-state index in [1.54, 1.807) is 0 Å². The second-order valence-electron chi connectivity index (χ2n) is 7.69. The van der Waals surface area contributed by atoms with Crippen LogP contribution in [0.2, 0.25) is 0 Å².